The molecule has 0 saturated carbocycles. The lowest BCUT2D eigenvalue weighted by Gasteiger charge is -2.08. The van der Waals surface area contributed by atoms with Gasteiger partial charge >= 0.3 is 0 Å². The summed E-state index contributed by atoms with van der Waals surface area (Å²) in [7, 11) is 0. The van der Waals surface area contributed by atoms with Crippen LogP contribution >= 0.6 is 0 Å². The van der Waals surface area contributed by atoms with Crippen LogP contribution in [0.15, 0.2) is 35.1 Å². The minimum Gasteiger partial charge on any atom is -0.292 e. The maximum Gasteiger partial charge on any atom is 0.254 e. The van der Waals surface area contributed by atoms with E-state index in [-0.39, 0.29) is 17.9 Å². The number of hydrogen-bond donors (Lipinski definition) is 0. The Morgan fingerprint density at radius 2 is 1.95 bits per heavy atom. The van der Waals surface area contributed by atoms with Crippen molar-refractivity contribution in [2.24, 2.45) is 0 Å². The Morgan fingerprint density at radius 1 is 1.30 bits per heavy atom. The second kappa shape index (κ2) is 5.49. The van der Waals surface area contributed by atoms with Gasteiger partial charge in [-0.15, -0.1) is 0 Å². The van der Waals surface area contributed by atoms with E-state index in [1.54, 1.807) is 38.1 Å². The molecule has 0 unspecified atom stereocenters. The molecule has 1 aromatic carbocycles. The van der Waals surface area contributed by atoms with E-state index in [2.05, 4.69) is 4.98 Å². The summed E-state index contributed by atoms with van der Waals surface area (Å²) >= 11 is 0. The molecule has 0 aliphatic heterocycles. The van der Waals surface area contributed by atoms with Crippen LogP contribution in [-0.4, -0.2) is 15.3 Å². The van der Waals surface area contributed by atoms with Crippen LogP contribution in [-0.2, 0) is 6.54 Å². The molecule has 5 heteroatoms. The van der Waals surface area contributed by atoms with Crippen LogP contribution in [0.25, 0.3) is 0 Å². The highest BCUT2D eigenvalue weighted by atomic mass is 16.1. The Bertz CT molecular complexity index is 752. The van der Waals surface area contributed by atoms with Crippen molar-refractivity contribution < 1.29 is 4.79 Å². The zero-order chi connectivity index (χ0) is 14.7. The number of carbonyl (C=O) groups is 1. The molecule has 0 saturated heterocycles. The summed E-state index contributed by atoms with van der Waals surface area (Å²) in [6.45, 7) is 3.38. The summed E-state index contributed by atoms with van der Waals surface area (Å²) in [5, 5.41) is 8.71. The van der Waals surface area contributed by atoms with Gasteiger partial charge in [0.25, 0.3) is 5.56 Å². The van der Waals surface area contributed by atoms with Crippen molar-refractivity contribution >= 4 is 5.78 Å². The zero-order valence-corrected chi connectivity index (χ0v) is 11.3. The van der Waals surface area contributed by atoms with E-state index in [0.717, 1.165) is 0 Å². The number of Topliss-reactive ketones (excluding diaryl/α,β-unsaturated/α-hetero) is 1. The van der Waals surface area contributed by atoms with Crippen molar-refractivity contribution in [1.82, 2.24) is 9.55 Å². The number of benzene rings is 1. The van der Waals surface area contributed by atoms with Gasteiger partial charge in [-0.2, -0.15) is 5.26 Å². The van der Waals surface area contributed by atoms with Gasteiger partial charge in [-0.05, 0) is 26.0 Å². The molecule has 1 heterocycles. The van der Waals surface area contributed by atoms with Crippen LogP contribution in [0.2, 0.25) is 0 Å². The van der Waals surface area contributed by atoms with Crippen LogP contribution in [0.1, 0.15) is 27.4 Å². The largest absolute Gasteiger partial charge is 0.292 e. The van der Waals surface area contributed by atoms with Crippen LogP contribution in [0.4, 0.5) is 0 Å². The summed E-state index contributed by atoms with van der Waals surface area (Å²) in [4.78, 5) is 28.2. The summed E-state index contributed by atoms with van der Waals surface area (Å²) in [5.41, 5.74) is 1.36. The Morgan fingerprint density at radius 3 is 2.50 bits per heavy atom. The lowest BCUT2D eigenvalue weighted by Crippen LogP contribution is -2.27. The van der Waals surface area contributed by atoms with E-state index in [4.69, 9.17) is 5.26 Å². The van der Waals surface area contributed by atoms with E-state index in [9.17, 15) is 9.59 Å². The highest BCUT2D eigenvalue weighted by Gasteiger charge is 2.10. The molecular weight excluding hydrogens is 254 g/mol. The molecule has 0 radical (unpaired) electrons. The van der Waals surface area contributed by atoms with Crippen LogP contribution < -0.4 is 5.56 Å². The third-order valence-corrected chi connectivity index (χ3v) is 2.96. The molecule has 0 amide bonds. The number of hydrogen-bond acceptors (Lipinski definition) is 4. The predicted molar refractivity (Wildman–Crippen MR) is 73.5 cm³/mol. The molecule has 1 aromatic heterocycles. The van der Waals surface area contributed by atoms with Crippen LogP contribution in [0.5, 0.6) is 0 Å². The van der Waals surface area contributed by atoms with E-state index < -0.39 is 0 Å². The van der Waals surface area contributed by atoms with Gasteiger partial charge < -0.3 is 0 Å². The molecule has 0 atom stereocenters. The number of carbonyl (C=O) groups excluding carboxylic acids is 1. The Labute approximate surface area is 116 Å². The summed E-state index contributed by atoms with van der Waals surface area (Å²) in [6, 6.07) is 9.72. The molecule has 0 fully saturated rings. The fourth-order valence-corrected chi connectivity index (χ4v) is 1.92. The highest BCUT2D eigenvalue weighted by molar-refractivity contribution is 5.96. The van der Waals surface area contributed by atoms with Gasteiger partial charge in [0.05, 0.1) is 18.2 Å². The molecule has 0 bridgehead atoms. The molecule has 100 valence electrons. The Balaban J connectivity index is 2.28. The fraction of sp³-hybridized carbons (Fsp3) is 0.200. The van der Waals surface area contributed by atoms with Gasteiger partial charge in [-0.3, -0.25) is 14.2 Å². The summed E-state index contributed by atoms with van der Waals surface area (Å²) < 4.78 is 1.34. The molecular formula is C15H13N3O2. The molecule has 2 aromatic rings. The molecule has 0 aliphatic rings. The smallest absolute Gasteiger partial charge is 0.254 e. The molecule has 0 spiro atoms. The van der Waals surface area contributed by atoms with Crippen molar-refractivity contribution in [3.05, 3.63) is 63.3 Å². The Hall–Kier alpha value is -2.74. The topological polar surface area (TPSA) is 75.8 Å². The molecule has 0 N–H and O–H groups in total. The highest BCUT2D eigenvalue weighted by Crippen LogP contribution is 2.06. The fourth-order valence-electron chi connectivity index (χ4n) is 1.92. The molecule has 2 rings (SSSR count). The average Bonchev–Trinajstić information content (AvgIpc) is 2.42. The summed E-state index contributed by atoms with van der Waals surface area (Å²) in [5.74, 6) is 0.322. The minimum atomic E-state index is -0.239. The second-order valence-electron chi connectivity index (χ2n) is 4.48. The number of nitrogens with zero attached hydrogens (tertiary/aromatic N) is 3. The lowest BCUT2D eigenvalue weighted by atomic mass is 10.1. The number of nitriles is 1. The normalized spacial score (nSPS) is 10.1. The van der Waals surface area contributed by atoms with E-state index >= 15 is 0 Å². The third-order valence-electron chi connectivity index (χ3n) is 2.96. The predicted octanol–water partition coefficient (Wildman–Crippen LogP) is 1.61. The SMILES string of the molecule is Cc1cc(=O)n(CC(=O)c2ccc(C#N)cc2)c(C)n1. The monoisotopic (exact) mass is 267 g/mol. The first-order valence-electron chi connectivity index (χ1n) is 6.09. The van der Waals surface area contributed by atoms with E-state index in [0.29, 0.717) is 22.6 Å². The van der Waals surface area contributed by atoms with Crippen molar-refractivity contribution in [1.29, 1.82) is 5.26 Å². The maximum absolute atomic E-state index is 12.1. The minimum absolute atomic E-state index is 0.0517. The number of rotatable bonds is 3. The first-order valence-corrected chi connectivity index (χ1v) is 6.09. The van der Waals surface area contributed by atoms with Crippen LogP contribution in [0.3, 0.4) is 0 Å². The Kier molecular flexibility index (Phi) is 3.76. The lowest BCUT2D eigenvalue weighted by molar-refractivity contribution is 0.0969. The van der Waals surface area contributed by atoms with E-state index in [1.807, 2.05) is 6.07 Å². The van der Waals surface area contributed by atoms with Crippen molar-refractivity contribution in [3.8, 4) is 6.07 Å². The van der Waals surface area contributed by atoms with Crippen molar-refractivity contribution in [2.45, 2.75) is 20.4 Å². The van der Waals surface area contributed by atoms with Gasteiger partial charge in [-0.25, -0.2) is 4.98 Å². The second-order valence-corrected chi connectivity index (χ2v) is 4.48. The van der Waals surface area contributed by atoms with Gasteiger partial charge in [0.1, 0.15) is 5.82 Å². The van der Waals surface area contributed by atoms with E-state index in [1.165, 1.54) is 10.6 Å². The van der Waals surface area contributed by atoms with Crippen molar-refractivity contribution in [3.63, 3.8) is 0 Å². The zero-order valence-electron chi connectivity index (χ0n) is 11.3. The first kappa shape index (κ1) is 13.7. The number of ketones is 1. The summed E-state index contributed by atoms with van der Waals surface area (Å²) in [6.07, 6.45) is 0. The average molecular weight is 267 g/mol. The van der Waals surface area contributed by atoms with Gasteiger partial charge in [-0.1, -0.05) is 12.1 Å². The molecule has 0 aliphatic carbocycles. The quantitative estimate of drug-likeness (QED) is 0.792. The molecule has 5 nitrogen and oxygen atoms in total. The third kappa shape index (κ3) is 2.81. The van der Waals surface area contributed by atoms with Crippen molar-refractivity contribution in [2.75, 3.05) is 0 Å². The maximum atomic E-state index is 12.1. The van der Waals surface area contributed by atoms with Gasteiger partial charge in [0, 0.05) is 17.3 Å². The number of aryl methyl sites for hydroxylation is 2. The number of aromatic nitrogens is 2. The van der Waals surface area contributed by atoms with Crippen LogP contribution in [0, 0.1) is 25.2 Å². The first-order chi connectivity index (χ1) is 9.51. The standard InChI is InChI=1S/C15H13N3O2/c1-10-7-15(20)18(11(2)17-10)9-14(19)13-5-3-12(8-16)4-6-13/h3-7H,9H2,1-2H3. The molecule has 20 heavy (non-hydrogen) atoms. The van der Waals surface area contributed by atoms with Gasteiger partial charge in [0.2, 0.25) is 0 Å². The van der Waals surface area contributed by atoms with Gasteiger partial charge in [0.15, 0.2) is 5.78 Å².